The lowest BCUT2D eigenvalue weighted by Crippen LogP contribution is -2.29. The second-order valence-electron chi connectivity index (χ2n) is 8.95. The third-order valence-electron chi connectivity index (χ3n) is 6.44. The summed E-state index contributed by atoms with van der Waals surface area (Å²) >= 11 is 1.49. The van der Waals surface area contributed by atoms with E-state index in [4.69, 9.17) is 13.9 Å². The third-order valence-corrected chi connectivity index (χ3v) is 7.57. The molecule has 1 aliphatic heterocycles. The molecule has 2 aromatic carbocycles. The maximum atomic E-state index is 12.9. The van der Waals surface area contributed by atoms with Crippen molar-refractivity contribution in [1.82, 2.24) is 4.90 Å². The molecule has 0 fully saturated rings. The fourth-order valence-electron chi connectivity index (χ4n) is 4.61. The van der Waals surface area contributed by atoms with E-state index in [0.717, 1.165) is 36.5 Å². The maximum Gasteiger partial charge on any atom is 0.341 e. The number of nitro benzene ring substituents is 1. The molecule has 0 N–H and O–H groups in total. The van der Waals surface area contributed by atoms with Gasteiger partial charge in [0.15, 0.2) is 0 Å². The van der Waals surface area contributed by atoms with Crippen LogP contribution in [0.15, 0.2) is 70.1 Å². The Labute approximate surface area is 229 Å². The largest absolute Gasteiger partial charge is 0.496 e. The minimum atomic E-state index is -0.468. The first-order valence-electron chi connectivity index (χ1n) is 12.5. The fraction of sp³-hybridized carbons (Fsp3) is 0.241. The van der Waals surface area contributed by atoms with Crippen molar-refractivity contribution in [3.63, 3.8) is 0 Å². The molecule has 2 aromatic heterocycles. The molecule has 4 aromatic rings. The van der Waals surface area contributed by atoms with E-state index in [-0.39, 0.29) is 18.3 Å². The molecule has 0 bridgehead atoms. The molecule has 3 heterocycles. The van der Waals surface area contributed by atoms with Gasteiger partial charge in [0.25, 0.3) is 5.69 Å². The molecule has 0 saturated carbocycles. The van der Waals surface area contributed by atoms with Crippen molar-refractivity contribution in [3.8, 4) is 17.1 Å². The predicted octanol–water partition coefficient (Wildman–Crippen LogP) is 6.41. The van der Waals surface area contributed by atoms with E-state index in [2.05, 4.69) is 22.0 Å². The maximum absolute atomic E-state index is 12.9. The lowest BCUT2D eigenvalue weighted by atomic mass is 10.0. The second kappa shape index (κ2) is 11.6. The Morgan fingerprint density at radius 2 is 2.03 bits per heavy atom. The zero-order chi connectivity index (χ0) is 27.4. The van der Waals surface area contributed by atoms with Crippen LogP contribution in [0.3, 0.4) is 0 Å². The van der Waals surface area contributed by atoms with E-state index in [9.17, 15) is 14.9 Å². The summed E-state index contributed by atoms with van der Waals surface area (Å²) in [6, 6.07) is 18.1. The number of rotatable bonds is 9. The smallest absolute Gasteiger partial charge is 0.341 e. The van der Waals surface area contributed by atoms with E-state index in [1.807, 2.05) is 18.2 Å². The van der Waals surface area contributed by atoms with E-state index >= 15 is 0 Å². The Balaban J connectivity index is 1.42. The number of hydrogen-bond acceptors (Lipinski definition) is 9. The van der Waals surface area contributed by atoms with Gasteiger partial charge in [0.05, 0.1) is 36.0 Å². The van der Waals surface area contributed by atoms with Crippen LogP contribution in [0.4, 0.5) is 10.7 Å². The minimum Gasteiger partial charge on any atom is -0.496 e. The number of esters is 1. The quantitative estimate of drug-likeness (QED) is 0.103. The van der Waals surface area contributed by atoms with Crippen LogP contribution in [0.5, 0.6) is 5.75 Å². The summed E-state index contributed by atoms with van der Waals surface area (Å²) in [5.74, 6) is 0.921. The van der Waals surface area contributed by atoms with Crippen LogP contribution < -0.4 is 4.74 Å². The normalized spacial score (nSPS) is 13.4. The van der Waals surface area contributed by atoms with Crippen LogP contribution in [0.2, 0.25) is 0 Å². The Bertz CT molecular complexity index is 1530. The summed E-state index contributed by atoms with van der Waals surface area (Å²) in [7, 11) is 1.49. The first-order chi connectivity index (χ1) is 19.0. The number of nitrogens with zero attached hydrogens (tertiary/aromatic N) is 3. The Kier molecular flexibility index (Phi) is 7.85. The molecule has 0 unspecified atom stereocenters. The number of thiophene rings is 1. The average Bonchev–Trinajstić information content (AvgIpc) is 3.56. The van der Waals surface area contributed by atoms with Crippen LogP contribution in [0.25, 0.3) is 11.3 Å². The number of methoxy groups -OCH3 is 1. The summed E-state index contributed by atoms with van der Waals surface area (Å²) < 4.78 is 16.7. The number of hydrogen-bond donors (Lipinski definition) is 0. The molecule has 0 aliphatic carbocycles. The standard InChI is InChI=1S/C29H27N3O6S/c1-3-37-29(33)27-22-13-14-31(17-19-7-5-4-6-8-19)18-26(22)39-28(27)30-16-21-10-12-25(38-21)23-15-20(32(34)35)9-11-24(23)36-2/h4-12,15-16H,3,13-14,17-18H2,1-2H3. The van der Waals surface area contributed by atoms with Crippen molar-refractivity contribution in [2.45, 2.75) is 26.4 Å². The van der Waals surface area contributed by atoms with Crippen molar-refractivity contribution in [2.24, 2.45) is 4.99 Å². The van der Waals surface area contributed by atoms with Gasteiger partial charge < -0.3 is 13.9 Å². The highest BCUT2D eigenvalue weighted by Crippen LogP contribution is 2.40. The van der Waals surface area contributed by atoms with Gasteiger partial charge >= 0.3 is 5.97 Å². The lowest BCUT2D eigenvalue weighted by Gasteiger charge is -2.27. The Morgan fingerprint density at radius 3 is 2.77 bits per heavy atom. The van der Waals surface area contributed by atoms with Gasteiger partial charge in [0.2, 0.25) is 0 Å². The molecule has 0 saturated heterocycles. The van der Waals surface area contributed by atoms with Gasteiger partial charge in [0, 0.05) is 36.6 Å². The van der Waals surface area contributed by atoms with Crippen molar-refractivity contribution >= 4 is 34.2 Å². The molecule has 200 valence electrons. The molecular formula is C29H27N3O6S. The first-order valence-corrected chi connectivity index (χ1v) is 13.3. The number of non-ortho nitro benzene ring substituents is 1. The van der Waals surface area contributed by atoms with E-state index in [1.54, 1.807) is 25.3 Å². The Hall–Kier alpha value is -4.28. The van der Waals surface area contributed by atoms with Crippen LogP contribution in [-0.4, -0.2) is 42.3 Å². The van der Waals surface area contributed by atoms with Crippen molar-refractivity contribution < 1.29 is 23.6 Å². The molecule has 0 amide bonds. The highest BCUT2D eigenvalue weighted by atomic mass is 32.1. The van der Waals surface area contributed by atoms with E-state index in [1.165, 1.54) is 42.2 Å². The number of benzene rings is 2. The zero-order valence-electron chi connectivity index (χ0n) is 21.6. The molecule has 0 spiro atoms. The summed E-state index contributed by atoms with van der Waals surface area (Å²) in [6.45, 7) is 4.46. The van der Waals surface area contributed by atoms with Gasteiger partial charge in [-0.2, -0.15) is 0 Å². The van der Waals surface area contributed by atoms with Gasteiger partial charge in [-0.15, -0.1) is 11.3 Å². The van der Waals surface area contributed by atoms with E-state index < -0.39 is 4.92 Å². The molecule has 10 heteroatoms. The number of fused-ring (bicyclic) bond motifs is 1. The second-order valence-corrected chi connectivity index (χ2v) is 10.0. The van der Waals surface area contributed by atoms with Crippen LogP contribution in [0.1, 0.15) is 39.0 Å². The summed E-state index contributed by atoms with van der Waals surface area (Å²) in [4.78, 5) is 31.8. The number of ether oxygens (including phenoxy) is 2. The fourth-order valence-corrected chi connectivity index (χ4v) is 5.84. The predicted molar refractivity (Wildman–Crippen MR) is 149 cm³/mol. The monoisotopic (exact) mass is 545 g/mol. The van der Waals surface area contributed by atoms with Crippen molar-refractivity contribution in [1.29, 1.82) is 0 Å². The number of aliphatic imine (C=N–C) groups is 1. The van der Waals surface area contributed by atoms with Crippen LogP contribution in [0, 0.1) is 10.1 Å². The summed E-state index contributed by atoms with van der Waals surface area (Å²) in [5, 5.41) is 11.8. The van der Waals surface area contributed by atoms with Gasteiger partial charge in [0.1, 0.15) is 22.3 Å². The SMILES string of the molecule is CCOC(=O)c1c(N=Cc2ccc(-c3cc([N+](=O)[O-])ccc3OC)o2)sc2c1CCN(Cc1ccccc1)C2. The lowest BCUT2D eigenvalue weighted by molar-refractivity contribution is -0.384. The molecular weight excluding hydrogens is 518 g/mol. The third kappa shape index (κ3) is 5.76. The topological polar surface area (TPSA) is 107 Å². The molecule has 39 heavy (non-hydrogen) atoms. The summed E-state index contributed by atoms with van der Waals surface area (Å²) in [6.07, 6.45) is 2.29. The van der Waals surface area contributed by atoms with Crippen LogP contribution in [-0.2, 0) is 24.2 Å². The number of carbonyl (C=O) groups is 1. The van der Waals surface area contributed by atoms with Gasteiger partial charge in [-0.3, -0.25) is 15.0 Å². The Morgan fingerprint density at radius 1 is 1.21 bits per heavy atom. The number of nitro groups is 1. The summed E-state index contributed by atoms with van der Waals surface area (Å²) in [5.41, 5.74) is 3.15. The van der Waals surface area contributed by atoms with E-state index in [0.29, 0.717) is 33.4 Å². The molecule has 1 aliphatic rings. The average molecular weight is 546 g/mol. The van der Waals surface area contributed by atoms with Crippen molar-refractivity contribution in [3.05, 3.63) is 98.1 Å². The number of carbonyl (C=O) groups excluding carboxylic acids is 1. The van der Waals surface area contributed by atoms with Gasteiger partial charge in [-0.25, -0.2) is 9.79 Å². The van der Waals surface area contributed by atoms with Crippen molar-refractivity contribution in [2.75, 3.05) is 20.3 Å². The molecule has 0 radical (unpaired) electrons. The highest BCUT2D eigenvalue weighted by molar-refractivity contribution is 7.16. The molecule has 9 nitrogen and oxygen atoms in total. The first kappa shape index (κ1) is 26.3. The molecule has 5 rings (SSSR count). The highest BCUT2D eigenvalue weighted by Gasteiger charge is 2.28. The molecule has 0 atom stereocenters. The van der Waals surface area contributed by atoms with Gasteiger partial charge in [-0.1, -0.05) is 30.3 Å². The van der Waals surface area contributed by atoms with Gasteiger partial charge in [-0.05, 0) is 42.7 Å². The zero-order valence-corrected chi connectivity index (χ0v) is 22.4. The van der Waals surface area contributed by atoms with Crippen LogP contribution >= 0.6 is 11.3 Å². The number of furan rings is 1. The minimum absolute atomic E-state index is 0.0676.